The van der Waals surface area contributed by atoms with Crippen LogP contribution in [0.15, 0.2) is 24.3 Å². The quantitative estimate of drug-likeness (QED) is 0.803. The summed E-state index contributed by atoms with van der Waals surface area (Å²) in [6.45, 7) is 3.05. The highest BCUT2D eigenvalue weighted by Gasteiger charge is 2.20. The molecule has 82 valence electrons. The summed E-state index contributed by atoms with van der Waals surface area (Å²) >= 11 is 0. The molecule has 0 aromatic heterocycles. The first-order valence-electron chi connectivity index (χ1n) is 5.70. The van der Waals surface area contributed by atoms with E-state index in [2.05, 4.69) is 5.32 Å². The van der Waals surface area contributed by atoms with Crippen molar-refractivity contribution in [3.05, 3.63) is 35.4 Å². The van der Waals surface area contributed by atoms with Gasteiger partial charge in [-0.15, -0.1) is 0 Å². The van der Waals surface area contributed by atoms with Crippen LogP contribution in [0.4, 0.5) is 4.39 Å². The van der Waals surface area contributed by atoms with Crippen molar-refractivity contribution in [2.75, 3.05) is 6.54 Å². The molecule has 1 fully saturated rings. The van der Waals surface area contributed by atoms with Crippen LogP contribution in [0.3, 0.4) is 0 Å². The zero-order chi connectivity index (χ0) is 10.7. The van der Waals surface area contributed by atoms with Crippen LogP contribution < -0.4 is 5.32 Å². The average molecular weight is 207 g/mol. The number of alkyl halides is 1. The average Bonchev–Trinajstić information content (AvgIpc) is 2.70. The van der Waals surface area contributed by atoms with Crippen molar-refractivity contribution in [3.8, 4) is 0 Å². The summed E-state index contributed by atoms with van der Waals surface area (Å²) in [5, 5.41) is 3.33. The van der Waals surface area contributed by atoms with Crippen molar-refractivity contribution in [2.45, 2.75) is 38.4 Å². The third-order valence-corrected chi connectivity index (χ3v) is 3.06. The predicted molar refractivity (Wildman–Crippen MR) is 60.7 cm³/mol. The van der Waals surface area contributed by atoms with Gasteiger partial charge in [0.05, 0.1) is 0 Å². The van der Waals surface area contributed by atoms with Gasteiger partial charge in [0.25, 0.3) is 0 Å². The number of benzene rings is 1. The lowest BCUT2D eigenvalue weighted by atomic mass is 10.0. The number of hydrogen-bond donors (Lipinski definition) is 1. The van der Waals surface area contributed by atoms with Gasteiger partial charge in [-0.05, 0) is 38.3 Å². The lowest BCUT2D eigenvalue weighted by molar-refractivity contribution is 0.293. The number of halogens is 1. The summed E-state index contributed by atoms with van der Waals surface area (Å²) in [6, 6.07) is 8.13. The zero-order valence-electron chi connectivity index (χ0n) is 9.17. The first-order valence-corrected chi connectivity index (χ1v) is 5.70. The maximum absolute atomic E-state index is 13.9. The minimum Gasteiger partial charge on any atom is -0.314 e. The topological polar surface area (TPSA) is 12.0 Å². The lowest BCUT2D eigenvalue weighted by Crippen LogP contribution is -2.22. The molecule has 2 unspecified atom stereocenters. The van der Waals surface area contributed by atoms with Crippen LogP contribution in [0.5, 0.6) is 0 Å². The number of rotatable bonds is 3. The van der Waals surface area contributed by atoms with E-state index in [0.717, 1.165) is 24.1 Å². The van der Waals surface area contributed by atoms with Gasteiger partial charge in [0, 0.05) is 6.04 Å². The minimum atomic E-state index is -0.819. The third kappa shape index (κ3) is 2.78. The fraction of sp³-hybridized carbons (Fsp3) is 0.538. The smallest absolute Gasteiger partial charge is 0.127 e. The van der Waals surface area contributed by atoms with Crippen molar-refractivity contribution >= 4 is 0 Å². The molecule has 1 aliphatic rings. The van der Waals surface area contributed by atoms with Gasteiger partial charge in [-0.2, -0.15) is 0 Å². The van der Waals surface area contributed by atoms with Crippen molar-refractivity contribution in [1.29, 1.82) is 0 Å². The molecule has 2 atom stereocenters. The lowest BCUT2D eigenvalue weighted by Gasteiger charge is -2.14. The van der Waals surface area contributed by atoms with Gasteiger partial charge >= 0.3 is 0 Å². The highest BCUT2D eigenvalue weighted by molar-refractivity contribution is 5.24. The maximum Gasteiger partial charge on any atom is 0.127 e. The van der Waals surface area contributed by atoms with Gasteiger partial charge in [-0.25, -0.2) is 4.39 Å². The molecule has 1 aromatic carbocycles. The molecule has 1 N–H and O–H groups in total. The summed E-state index contributed by atoms with van der Waals surface area (Å²) in [7, 11) is 0. The molecule has 0 saturated carbocycles. The molecular weight excluding hydrogens is 189 g/mol. The van der Waals surface area contributed by atoms with Crippen LogP contribution in [-0.2, 0) is 0 Å². The predicted octanol–water partition coefficient (Wildman–Crippen LogP) is 3.15. The fourth-order valence-electron chi connectivity index (χ4n) is 2.21. The standard InChI is InChI=1S/C13H18FN/c1-10-4-2-5-11(8-10)13(14)9-12-6-3-7-15-12/h2,4-5,8,12-13,15H,3,6-7,9H2,1H3. The third-order valence-electron chi connectivity index (χ3n) is 3.06. The molecule has 15 heavy (non-hydrogen) atoms. The largest absolute Gasteiger partial charge is 0.314 e. The van der Waals surface area contributed by atoms with Crippen LogP contribution >= 0.6 is 0 Å². The fourth-order valence-corrected chi connectivity index (χ4v) is 2.21. The van der Waals surface area contributed by atoms with Crippen LogP contribution in [-0.4, -0.2) is 12.6 Å². The van der Waals surface area contributed by atoms with E-state index in [0.29, 0.717) is 12.5 Å². The number of nitrogens with one attached hydrogen (secondary N) is 1. The summed E-state index contributed by atoms with van der Waals surface area (Å²) in [6.07, 6.45) is 2.10. The van der Waals surface area contributed by atoms with Gasteiger partial charge in [0.15, 0.2) is 0 Å². The van der Waals surface area contributed by atoms with Gasteiger partial charge in [0.1, 0.15) is 6.17 Å². The van der Waals surface area contributed by atoms with Gasteiger partial charge in [0.2, 0.25) is 0 Å². The van der Waals surface area contributed by atoms with Crippen LogP contribution in [0, 0.1) is 6.92 Å². The molecule has 1 saturated heterocycles. The van der Waals surface area contributed by atoms with Gasteiger partial charge < -0.3 is 5.32 Å². The van der Waals surface area contributed by atoms with E-state index in [4.69, 9.17) is 0 Å². The molecule has 1 nitrogen and oxygen atoms in total. The molecule has 0 bridgehead atoms. The monoisotopic (exact) mass is 207 g/mol. The second-order valence-electron chi connectivity index (χ2n) is 4.41. The van der Waals surface area contributed by atoms with E-state index in [1.165, 1.54) is 6.42 Å². The molecule has 1 heterocycles. The Labute approximate surface area is 90.7 Å². The Morgan fingerprint density at radius 3 is 3.07 bits per heavy atom. The SMILES string of the molecule is Cc1cccc(C(F)CC2CCCN2)c1. The molecule has 0 spiro atoms. The molecule has 1 aromatic rings. The molecule has 0 amide bonds. The second-order valence-corrected chi connectivity index (χ2v) is 4.41. The van der Waals surface area contributed by atoms with Gasteiger partial charge in [-0.1, -0.05) is 29.8 Å². The van der Waals surface area contributed by atoms with E-state index in [1.54, 1.807) is 0 Å². The summed E-state index contributed by atoms with van der Waals surface area (Å²) < 4.78 is 13.9. The molecule has 1 aliphatic heterocycles. The highest BCUT2D eigenvalue weighted by Crippen LogP contribution is 2.26. The van der Waals surface area contributed by atoms with Crippen molar-refractivity contribution in [2.24, 2.45) is 0 Å². The Kier molecular flexibility index (Phi) is 3.37. The Balaban J connectivity index is 1.97. The number of aryl methyl sites for hydroxylation is 1. The van der Waals surface area contributed by atoms with E-state index in [9.17, 15) is 4.39 Å². The minimum absolute atomic E-state index is 0.375. The van der Waals surface area contributed by atoms with Crippen LogP contribution in [0.25, 0.3) is 0 Å². The molecule has 0 radical (unpaired) electrons. The van der Waals surface area contributed by atoms with Crippen molar-refractivity contribution in [1.82, 2.24) is 5.32 Å². The van der Waals surface area contributed by atoms with Crippen LogP contribution in [0.1, 0.15) is 36.6 Å². The van der Waals surface area contributed by atoms with Gasteiger partial charge in [-0.3, -0.25) is 0 Å². The Morgan fingerprint density at radius 1 is 1.53 bits per heavy atom. The van der Waals surface area contributed by atoms with E-state index in [-0.39, 0.29) is 0 Å². The van der Waals surface area contributed by atoms with E-state index >= 15 is 0 Å². The first kappa shape index (κ1) is 10.6. The second kappa shape index (κ2) is 4.75. The first-order chi connectivity index (χ1) is 7.25. The Hall–Kier alpha value is -0.890. The molecule has 0 aliphatic carbocycles. The summed E-state index contributed by atoms with van der Waals surface area (Å²) in [5.74, 6) is 0. The number of hydrogen-bond acceptors (Lipinski definition) is 1. The van der Waals surface area contributed by atoms with Crippen LogP contribution in [0.2, 0.25) is 0 Å². The van der Waals surface area contributed by atoms with E-state index < -0.39 is 6.17 Å². The molecular formula is C13H18FN. The highest BCUT2D eigenvalue weighted by atomic mass is 19.1. The normalized spacial score (nSPS) is 22.9. The molecule has 2 heteroatoms. The zero-order valence-corrected chi connectivity index (χ0v) is 9.17. The Morgan fingerprint density at radius 2 is 2.40 bits per heavy atom. The summed E-state index contributed by atoms with van der Waals surface area (Å²) in [4.78, 5) is 0. The van der Waals surface area contributed by atoms with Crippen molar-refractivity contribution < 1.29 is 4.39 Å². The molecule has 2 rings (SSSR count). The van der Waals surface area contributed by atoms with Crippen molar-refractivity contribution in [3.63, 3.8) is 0 Å². The maximum atomic E-state index is 13.9. The summed E-state index contributed by atoms with van der Waals surface area (Å²) in [5.41, 5.74) is 1.96. The van der Waals surface area contributed by atoms with E-state index in [1.807, 2.05) is 31.2 Å². The Bertz CT molecular complexity index is 318.